The Labute approximate surface area is 169 Å². The van der Waals surface area contributed by atoms with E-state index in [0.29, 0.717) is 18.2 Å². The molecule has 0 radical (unpaired) electrons. The van der Waals surface area contributed by atoms with Gasteiger partial charge >= 0.3 is 0 Å². The fourth-order valence-corrected chi connectivity index (χ4v) is 3.04. The van der Waals surface area contributed by atoms with Gasteiger partial charge in [0.2, 0.25) is 11.8 Å². The highest BCUT2D eigenvalue weighted by atomic mass is 19.3. The van der Waals surface area contributed by atoms with Crippen LogP contribution in [0.2, 0.25) is 0 Å². The van der Waals surface area contributed by atoms with Gasteiger partial charge in [0.05, 0.1) is 19.7 Å². The second-order valence-electron chi connectivity index (χ2n) is 8.72. The van der Waals surface area contributed by atoms with Crippen molar-refractivity contribution in [3.63, 3.8) is 0 Å². The molecule has 0 spiro atoms. The summed E-state index contributed by atoms with van der Waals surface area (Å²) in [6.45, 7) is 5.03. The molecule has 1 aliphatic carbocycles. The lowest BCUT2D eigenvalue weighted by Crippen LogP contribution is -2.56. The fourth-order valence-electron chi connectivity index (χ4n) is 3.04. The van der Waals surface area contributed by atoms with Crippen LogP contribution < -0.4 is 15.0 Å². The Morgan fingerprint density at radius 1 is 1.31 bits per heavy atom. The molecule has 2 heterocycles. The third-order valence-corrected chi connectivity index (χ3v) is 5.03. The van der Waals surface area contributed by atoms with Gasteiger partial charge in [-0.2, -0.15) is 0 Å². The lowest BCUT2D eigenvalue weighted by molar-refractivity contribution is -0.122. The average molecular weight is 410 g/mol. The number of amides is 2. The van der Waals surface area contributed by atoms with E-state index in [2.05, 4.69) is 10.3 Å². The van der Waals surface area contributed by atoms with E-state index in [1.54, 1.807) is 6.07 Å². The van der Waals surface area contributed by atoms with Crippen molar-refractivity contribution >= 4 is 17.5 Å². The molecule has 9 heteroatoms. The second-order valence-corrected chi connectivity index (χ2v) is 8.72. The first kappa shape index (κ1) is 21.3. The lowest BCUT2D eigenvalue weighted by Gasteiger charge is -2.40. The normalized spacial score (nSPS) is 18.1. The number of nitrogens with one attached hydrogen (secondary N) is 1. The van der Waals surface area contributed by atoms with E-state index in [9.17, 15) is 18.4 Å². The highest BCUT2D eigenvalue weighted by Gasteiger charge is 2.45. The zero-order valence-corrected chi connectivity index (χ0v) is 17.3. The first-order chi connectivity index (χ1) is 13.5. The van der Waals surface area contributed by atoms with Crippen molar-refractivity contribution in [3.8, 4) is 5.88 Å². The van der Waals surface area contributed by atoms with Crippen molar-refractivity contribution in [1.82, 2.24) is 15.2 Å². The van der Waals surface area contributed by atoms with E-state index in [-0.39, 0.29) is 24.0 Å². The number of aromatic nitrogens is 1. The van der Waals surface area contributed by atoms with Crippen LogP contribution in [0.3, 0.4) is 0 Å². The van der Waals surface area contributed by atoms with Gasteiger partial charge in [-0.3, -0.25) is 9.59 Å². The van der Waals surface area contributed by atoms with Crippen LogP contribution in [0.4, 0.5) is 14.5 Å². The first-order valence-corrected chi connectivity index (χ1v) is 9.79. The molecule has 1 N–H and O–H groups in total. The van der Waals surface area contributed by atoms with Gasteiger partial charge in [-0.25, -0.2) is 13.8 Å². The van der Waals surface area contributed by atoms with Crippen LogP contribution >= 0.6 is 0 Å². The summed E-state index contributed by atoms with van der Waals surface area (Å²) >= 11 is 0. The molecule has 7 nitrogen and oxygen atoms in total. The Bertz CT molecular complexity index is 782. The molecule has 1 aliphatic heterocycles. The van der Waals surface area contributed by atoms with Crippen LogP contribution in [-0.4, -0.2) is 66.4 Å². The van der Waals surface area contributed by atoms with Gasteiger partial charge in [0.15, 0.2) is 0 Å². The summed E-state index contributed by atoms with van der Waals surface area (Å²) in [4.78, 5) is 32.3. The Morgan fingerprint density at radius 3 is 2.48 bits per heavy atom. The van der Waals surface area contributed by atoms with Gasteiger partial charge in [0.25, 0.3) is 11.8 Å². The topological polar surface area (TPSA) is 74.8 Å². The summed E-state index contributed by atoms with van der Waals surface area (Å²) in [5, 5.41) is 2.52. The van der Waals surface area contributed by atoms with E-state index in [0.717, 1.165) is 12.8 Å². The highest BCUT2D eigenvalue weighted by molar-refractivity contribution is 5.96. The molecule has 160 valence electrons. The predicted molar refractivity (Wildman–Crippen MR) is 104 cm³/mol. The number of ether oxygens (including phenoxy) is 1. The van der Waals surface area contributed by atoms with Gasteiger partial charge < -0.3 is 19.9 Å². The first-order valence-electron chi connectivity index (χ1n) is 9.79. The molecule has 1 aromatic rings. The van der Waals surface area contributed by atoms with Gasteiger partial charge in [-0.05, 0) is 51.7 Å². The zero-order chi connectivity index (χ0) is 21.4. The van der Waals surface area contributed by atoms with Crippen molar-refractivity contribution in [2.45, 2.75) is 45.1 Å². The third-order valence-electron chi connectivity index (χ3n) is 5.03. The maximum absolute atomic E-state index is 13.3. The minimum atomic E-state index is -2.72. The maximum atomic E-state index is 13.3. The Morgan fingerprint density at radius 2 is 1.97 bits per heavy atom. The molecule has 1 saturated heterocycles. The standard InChI is InChI=1S/C20H28F2N4O3/c1-19(2,3)26(9-16(27)23-4)18(28)14-7-8-15(25-11-20(21,22)12-25)17(24-14)29-10-13-5-6-13/h7-8,13H,5-6,9-12H2,1-4H3,(H,23,27). The monoisotopic (exact) mass is 410 g/mol. The Balaban J connectivity index is 1.86. The molecule has 0 atom stereocenters. The number of likely N-dealkylation sites (N-methyl/N-ethyl adjacent to an activating group) is 1. The lowest BCUT2D eigenvalue weighted by atomic mass is 10.0. The summed E-state index contributed by atoms with van der Waals surface area (Å²) in [5.41, 5.74) is -0.0363. The number of pyridine rings is 1. The number of carbonyl (C=O) groups is 2. The molecule has 3 rings (SSSR count). The minimum Gasteiger partial charge on any atom is -0.476 e. The quantitative estimate of drug-likeness (QED) is 0.747. The number of rotatable bonds is 7. The number of nitrogens with zero attached hydrogens (tertiary/aromatic N) is 3. The fraction of sp³-hybridized carbons (Fsp3) is 0.650. The van der Waals surface area contributed by atoms with Crippen LogP contribution in [0.5, 0.6) is 5.88 Å². The second kappa shape index (κ2) is 7.76. The molecule has 0 aromatic carbocycles. The van der Waals surface area contributed by atoms with Crippen molar-refractivity contribution in [3.05, 3.63) is 17.8 Å². The summed E-state index contributed by atoms with van der Waals surface area (Å²) in [5.74, 6) is -2.80. The van der Waals surface area contributed by atoms with Gasteiger partial charge in [-0.15, -0.1) is 0 Å². The molecule has 1 aromatic heterocycles. The number of anilines is 1. The number of alkyl halides is 2. The zero-order valence-electron chi connectivity index (χ0n) is 17.3. The van der Waals surface area contributed by atoms with Gasteiger partial charge in [-0.1, -0.05) is 0 Å². The molecule has 2 aliphatic rings. The van der Waals surface area contributed by atoms with Crippen LogP contribution in [0.1, 0.15) is 44.1 Å². The molecular formula is C20H28F2N4O3. The van der Waals surface area contributed by atoms with Gasteiger partial charge in [0, 0.05) is 12.6 Å². The van der Waals surface area contributed by atoms with E-state index < -0.39 is 30.5 Å². The average Bonchev–Trinajstić information content (AvgIpc) is 3.44. The predicted octanol–water partition coefficient (Wildman–Crippen LogP) is 2.31. The van der Waals surface area contributed by atoms with Gasteiger partial charge in [0.1, 0.15) is 17.9 Å². The Hall–Kier alpha value is -2.45. The summed E-state index contributed by atoms with van der Waals surface area (Å²) in [6, 6.07) is 3.10. The van der Waals surface area contributed by atoms with Crippen LogP contribution in [0, 0.1) is 5.92 Å². The smallest absolute Gasteiger partial charge is 0.282 e. The van der Waals surface area contributed by atoms with Crippen molar-refractivity contribution in [2.24, 2.45) is 5.92 Å². The Kier molecular flexibility index (Phi) is 5.69. The molecule has 0 bridgehead atoms. The number of halogens is 2. The molecule has 1 saturated carbocycles. The molecular weight excluding hydrogens is 382 g/mol. The molecule has 29 heavy (non-hydrogen) atoms. The van der Waals surface area contributed by atoms with Crippen LogP contribution in [0.15, 0.2) is 12.1 Å². The largest absolute Gasteiger partial charge is 0.476 e. The summed E-state index contributed by atoms with van der Waals surface area (Å²) in [6.07, 6.45) is 2.14. The summed E-state index contributed by atoms with van der Waals surface area (Å²) in [7, 11) is 1.51. The third kappa shape index (κ3) is 5.13. The van der Waals surface area contributed by atoms with Crippen molar-refractivity contribution < 1.29 is 23.1 Å². The number of hydrogen-bond donors (Lipinski definition) is 1. The van der Waals surface area contributed by atoms with Crippen LogP contribution in [-0.2, 0) is 4.79 Å². The van der Waals surface area contributed by atoms with Crippen molar-refractivity contribution in [1.29, 1.82) is 0 Å². The molecule has 2 amide bonds. The highest BCUT2D eigenvalue weighted by Crippen LogP contribution is 2.38. The molecule has 2 fully saturated rings. The number of carbonyl (C=O) groups excluding carboxylic acids is 2. The number of hydrogen-bond acceptors (Lipinski definition) is 5. The van der Waals surface area contributed by atoms with Crippen molar-refractivity contribution in [2.75, 3.05) is 38.2 Å². The van der Waals surface area contributed by atoms with Crippen LogP contribution in [0.25, 0.3) is 0 Å². The van der Waals surface area contributed by atoms with E-state index in [1.807, 2.05) is 20.8 Å². The molecule has 0 unspecified atom stereocenters. The van der Waals surface area contributed by atoms with E-state index >= 15 is 0 Å². The summed E-state index contributed by atoms with van der Waals surface area (Å²) < 4.78 is 32.5. The minimum absolute atomic E-state index is 0.112. The SMILES string of the molecule is CNC(=O)CN(C(=O)c1ccc(N2CC(F)(F)C2)c(OCC2CC2)n1)C(C)(C)C. The maximum Gasteiger partial charge on any atom is 0.282 e. The van der Waals surface area contributed by atoms with E-state index in [4.69, 9.17) is 4.74 Å². The van der Waals surface area contributed by atoms with E-state index in [1.165, 1.54) is 22.9 Å².